The number of aromatic nitrogens is 1. The summed E-state index contributed by atoms with van der Waals surface area (Å²) >= 11 is 0. The number of hydrogen-bond donors (Lipinski definition) is 1. The third kappa shape index (κ3) is 2.13. The van der Waals surface area contributed by atoms with Crippen molar-refractivity contribution in [3.8, 4) is 5.75 Å². The quantitative estimate of drug-likeness (QED) is 0.850. The van der Waals surface area contributed by atoms with E-state index in [1.54, 1.807) is 12.4 Å². The van der Waals surface area contributed by atoms with E-state index >= 15 is 0 Å². The molecule has 1 aromatic heterocycles. The number of benzene rings is 1. The molecule has 2 aromatic rings. The number of carbonyl (C=O) groups is 1. The molecule has 2 N–H and O–H groups in total. The van der Waals surface area contributed by atoms with Gasteiger partial charge < -0.3 is 10.5 Å². The summed E-state index contributed by atoms with van der Waals surface area (Å²) in [5.41, 5.74) is 9.10. The smallest absolute Gasteiger partial charge is 0.170 e. The molecule has 0 aliphatic carbocycles. The van der Waals surface area contributed by atoms with Gasteiger partial charge in [-0.1, -0.05) is 13.0 Å². The van der Waals surface area contributed by atoms with Crippen LogP contribution in [-0.2, 0) is 6.42 Å². The summed E-state index contributed by atoms with van der Waals surface area (Å²) in [7, 11) is 0. The molecule has 20 heavy (non-hydrogen) atoms. The van der Waals surface area contributed by atoms with Crippen molar-refractivity contribution in [1.82, 2.24) is 4.98 Å². The number of aryl methyl sites for hydroxylation is 1. The predicted octanol–water partition coefficient (Wildman–Crippen LogP) is 2.93. The van der Waals surface area contributed by atoms with E-state index in [1.807, 2.05) is 31.2 Å². The maximum atomic E-state index is 12.3. The number of fused-ring (bicyclic) bond motifs is 1. The van der Waals surface area contributed by atoms with E-state index in [2.05, 4.69) is 4.98 Å². The van der Waals surface area contributed by atoms with E-state index in [9.17, 15) is 4.79 Å². The van der Waals surface area contributed by atoms with Crippen LogP contribution in [0.25, 0.3) is 0 Å². The number of anilines is 1. The number of nitrogens with zero attached hydrogens (tertiary/aromatic N) is 1. The first-order chi connectivity index (χ1) is 9.69. The minimum atomic E-state index is -0.307. The van der Waals surface area contributed by atoms with Crippen LogP contribution in [0.3, 0.4) is 0 Å². The van der Waals surface area contributed by atoms with E-state index in [4.69, 9.17) is 10.5 Å². The Morgan fingerprint density at radius 3 is 3.00 bits per heavy atom. The molecule has 0 bridgehead atoms. The second-order valence-electron chi connectivity index (χ2n) is 4.94. The molecule has 0 saturated heterocycles. The summed E-state index contributed by atoms with van der Waals surface area (Å²) in [5.74, 6) is 0.578. The number of nitrogen functional groups attached to an aromatic ring is 1. The highest BCUT2D eigenvalue weighted by Gasteiger charge is 2.29. The lowest BCUT2D eigenvalue weighted by Crippen LogP contribution is -2.21. The fraction of sp³-hybridized carbons (Fsp3) is 0.250. The van der Waals surface area contributed by atoms with Crippen molar-refractivity contribution in [3.63, 3.8) is 0 Å². The Balaban J connectivity index is 2.01. The molecule has 0 fully saturated rings. The Morgan fingerprint density at radius 1 is 1.45 bits per heavy atom. The fourth-order valence-corrected chi connectivity index (χ4v) is 2.47. The molecule has 1 atom stereocenters. The number of Topliss-reactive ketones (excluding diaryl/α,β-unsaturated/α-hetero) is 1. The van der Waals surface area contributed by atoms with Gasteiger partial charge in [0.15, 0.2) is 11.5 Å². The van der Waals surface area contributed by atoms with Crippen LogP contribution in [0.2, 0.25) is 0 Å². The molecule has 1 aliphatic heterocycles. The highest BCUT2D eigenvalue weighted by Crippen LogP contribution is 2.39. The molecule has 0 radical (unpaired) electrons. The highest BCUT2D eigenvalue weighted by atomic mass is 16.5. The van der Waals surface area contributed by atoms with Gasteiger partial charge in [0.25, 0.3) is 0 Å². The van der Waals surface area contributed by atoms with E-state index in [1.165, 1.54) is 0 Å². The van der Waals surface area contributed by atoms with Crippen LogP contribution < -0.4 is 10.5 Å². The Labute approximate surface area is 117 Å². The van der Waals surface area contributed by atoms with Crippen molar-refractivity contribution in [2.75, 3.05) is 5.73 Å². The maximum absolute atomic E-state index is 12.3. The molecule has 0 spiro atoms. The number of rotatable bonds is 2. The van der Waals surface area contributed by atoms with Crippen LogP contribution in [0.5, 0.6) is 5.75 Å². The summed E-state index contributed by atoms with van der Waals surface area (Å²) in [6, 6.07) is 7.50. The highest BCUT2D eigenvalue weighted by molar-refractivity contribution is 6.01. The van der Waals surface area contributed by atoms with Gasteiger partial charge in [-0.15, -0.1) is 0 Å². The summed E-state index contributed by atoms with van der Waals surface area (Å²) in [6.45, 7) is 2.04. The van der Waals surface area contributed by atoms with Crippen LogP contribution in [0.15, 0.2) is 36.7 Å². The van der Waals surface area contributed by atoms with Crippen molar-refractivity contribution in [1.29, 1.82) is 0 Å². The van der Waals surface area contributed by atoms with Crippen molar-refractivity contribution >= 4 is 11.5 Å². The van der Waals surface area contributed by atoms with Gasteiger partial charge in [0.05, 0.1) is 17.7 Å². The predicted molar refractivity (Wildman–Crippen MR) is 76.8 cm³/mol. The van der Waals surface area contributed by atoms with Gasteiger partial charge in [-0.2, -0.15) is 0 Å². The molecule has 102 valence electrons. The molecule has 4 heteroatoms. The summed E-state index contributed by atoms with van der Waals surface area (Å²) < 4.78 is 5.93. The minimum absolute atomic E-state index is 0.0714. The second kappa shape index (κ2) is 4.96. The van der Waals surface area contributed by atoms with Crippen LogP contribution in [0.1, 0.15) is 40.9 Å². The monoisotopic (exact) mass is 268 g/mol. The molecular weight excluding hydrogens is 252 g/mol. The van der Waals surface area contributed by atoms with E-state index in [0.29, 0.717) is 23.4 Å². The number of carbonyl (C=O) groups excluding carboxylic acids is 1. The number of pyridine rings is 1. The first-order valence-corrected chi connectivity index (χ1v) is 6.71. The number of ether oxygens (including phenoxy) is 1. The summed E-state index contributed by atoms with van der Waals surface area (Å²) in [4.78, 5) is 16.4. The van der Waals surface area contributed by atoms with Gasteiger partial charge >= 0.3 is 0 Å². The van der Waals surface area contributed by atoms with Gasteiger partial charge in [-0.05, 0) is 30.2 Å². The average molecular weight is 268 g/mol. The van der Waals surface area contributed by atoms with Gasteiger partial charge in [0, 0.05) is 18.0 Å². The number of nitrogens with two attached hydrogens (primary N) is 1. The maximum Gasteiger partial charge on any atom is 0.170 e. The molecule has 4 nitrogen and oxygen atoms in total. The van der Waals surface area contributed by atoms with Gasteiger partial charge in [0.1, 0.15) is 6.10 Å². The zero-order valence-corrected chi connectivity index (χ0v) is 11.3. The Kier molecular flexibility index (Phi) is 3.14. The lowest BCUT2D eigenvalue weighted by atomic mass is 9.94. The number of ketones is 1. The molecule has 1 aliphatic rings. The van der Waals surface area contributed by atoms with E-state index < -0.39 is 0 Å². The Morgan fingerprint density at radius 2 is 2.30 bits per heavy atom. The van der Waals surface area contributed by atoms with Gasteiger partial charge in [0.2, 0.25) is 0 Å². The topological polar surface area (TPSA) is 65.2 Å². The van der Waals surface area contributed by atoms with Crippen molar-refractivity contribution in [2.24, 2.45) is 0 Å². The largest absolute Gasteiger partial charge is 0.482 e. The minimum Gasteiger partial charge on any atom is -0.482 e. The third-order valence-electron chi connectivity index (χ3n) is 3.57. The molecule has 1 unspecified atom stereocenters. The number of hydrogen-bond acceptors (Lipinski definition) is 4. The normalized spacial score (nSPS) is 17.4. The van der Waals surface area contributed by atoms with Crippen LogP contribution in [0, 0.1) is 0 Å². The van der Waals surface area contributed by atoms with E-state index in [0.717, 1.165) is 17.5 Å². The molecule has 2 heterocycles. The van der Waals surface area contributed by atoms with Crippen LogP contribution in [0.4, 0.5) is 5.69 Å². The first kappa shape index (κ1) is 12.7. The fourth-order valence-electron chi connectivity index (χ4n) is 2.47. The average Bonchev–Trinajstić information content (AvgIpc) is 2.48. The van der Waals surface area contributed by atoms with E-state index in [-0.39, 0.29) is 11.9 Å². The lowest BCUT2D eigenvalue weighted by Gasteiger charge is -2.26. The molecule has 3 rings (SSSR count). The zero-order valence-electron chi connectivity index (χ0n) is 11.3. The molecule has 0 amide bonds. The first-order valence-electron chi connectivity index (χ1n) is 6.71. The molecular formula is C16H16N2O2. The Hall–Kier alpha value is -2.36. The third-order valence-corrected chi connectivity index (χ3v) is 3.57. The molecule has 1 aromatic carbocycles. The second-order valence-corrected chi connectivity index (χ2v) is 4.94. The molecule has 0 saturated carbocycles. The lowest BCUT2D eigenvalue weighted by molar-refractivity contribution is 0.0851. The van der Waals surface area contributed by atoms with Gasteiger partial charge in [-0.3, -0.25) is 9.78 Å². The zero-order chi connectivity index (χ0) is 14.1. The van der Waals surface area contributed by atoms with Crippen LogP contribution in [-0.4, -0.2) is 10.8 Å². The van der Waals surface area contributed by atoms with Crippen LogP contribution >= 0.6 is 0 Å². The Bertz CT molecular complexity index is 653. The summed E-state index contributed by atoms with van der Waals surface area (Å²) in [5, 5.41) is 0. The standard InChI is InChI=1S/C16H16N2O2/c1-2-10-6-12-14(19)8-15(11-4-3-5-18-9-11)20-16(12)13(17)7-10/h3-7,9,15H,2,8,17H2,1H3. The van der Waals surface area contributed by atoms with Crippen molar-refractivity contribution in [2.45, 2.75) is 25.9 Å². The van der Waals surface area contributed by atoms with Crippen molar-refractivity contribution in [3.05, 3.63) is 53.3 Å². The van der Waals surface area contributed by atoms with Crippen molar-refractivity contribution < 1.29 is 9.53 Å². The summed E-state index contributed by atoms with van der Waals surface area (Å²) in [6.07, 6.45) is 4.28. The van der Waals surface area contributed by atoms with Gasteiger partial charge in [-0.25, -0.2) is 0 Å². The SMILES string of the molecule is CCc1cc(N)c2c(c1)C(=O)CC(c1cccnc1)O2.